The Morgan fingerprint density at radius 3 is 2.85 bits per heavy atom. The zero-order valence-corrected chi connectivity index (χ0v) is 11.5. The highest BCUT2D eigenvalue weighted by molar-refractivity contribution is 5.97. The van der Waals surface area contributed by atoms with Crippen molar-refractivity contribution in [2.75, 3.05) is 6.61 Å². The maximum absolute atomic E-state index is 13.3. The Hall–Kier alpha value is -1.86. The fourth-order valence-corrected chi connectivity index (χ4v) is 2.21. The van der Waals surface area contributed by atoms with Gasteiger partial charge in [0.05, 0.1) is 12.2 Å². The van der Waals surface area contributed by atoms with E-state index in [2.05, 4.69) is 17.2 Å². The van der Waals surface area contributed by atoms with Crippen LogP contribution in [0.1, 0.15) is 48.5 Å². The quantitative estimate of drug-likeness (QED) is 0.831. The van der Waals surface area contributed by atoms with Gasteiger partial charge >= 0.3 is 0 Å². The SMILES string of the molecule is CC1(NC(=O)c2ccc(F)cc2C#CCCO)CCC1. The van der Waals surface area contributed by atoms with E-state index in [-0.39, 0.29) is 18.1 Å². The number of amides is 1. The van der Waals surface area contributed by atoms with Crippen LogP contribution in [0.2, 0.25) is 0 Å². The van der Waals surface area contributed by atoms with E-state index in [4.69, 9.17) is 5.11 Å². The van der Waals surface area contributed by atoms with Crippen molar-refractivity contribution in [2.24, 2.45) is 0 Å². The van der Waals surface area contributed by atoms with Crippen LogP contribution in [0.4, 0.5) is 4.39 Å². The van der Waals surface area contributed by atoms with Crippen LogP contribution < -0.4 is 5.32 Å². The van der Waals surface area contributed by atoms with Gasteiger partial charge in [0.2, 0.25) is 0 Å². The van der Waals surface area contributed by atoms with Crippen LogP contribution in [-0.2, 0) is 0 Å². The summed E-state index contributed by atoms with van der Waals surface area (Å²) in [6.07, 6.45) is 3.34. The van der Waals surface area contributed by atoms with Crippen molar-refractivity contribution in [1.82, 2.24) is 5.32 Å². The molecule has 0 heterocycles. The molecule has 0 bridgehead atoms. The molecule has 0 spiro atoms. The summed E-state index contributed by atoms with van der Waals surface area (Å²) in [5, 5.41) is 11.7. The number of aliphatic hydroxyl groups is 1. The van der Waals surface area contributed by atoms with Crippen molar-refractivity contribution in [3.8, 4) is 11.8 Å². The Balaban J connectivity index is 2.21. The van der Waals surface area contributed by atoms with E-state index >= 15 is 0 Å². The molecule has 0 unspecified atom stereocenters. The van der Waals surface area contributed by atoms with Gasteiger partial charge in [-0.3, -0.25) is 4.79 Å². The molecule has 0 aromatic heterocycles. The van der Waals surface area contributed by atoms with Gasteiger partial charge in [-0.2, -0.15) is 0 Å². The number of hydrogen-bond donors (Lipinski definition) is 2. The molecular weight excluding hydrogens is 257 g/mol. The third-order valence-corrected chi connectivity index (χ3v) is 3.56. The summed E-state index contributed by atoms with van der Waals surface area (Å²) < 4.78 is 13.3. The molecule has 3 nitrogen and oxygen atoms in total. The molecule has 20 heavy (non-hydrogen) atoms. The Labute approximate surface area is 118 Å². The maximum atomic E-state index is 13.3. The fraction of sp³-hybridized carbons (Fsp3) is 0.438. The number of aliphatic hydroxyl groups excluding tert-OH is 1. The van der Waals surface area contributed by atoms with Crippen LogP contribution in [0.15, 0.2) is 18.2 Å². The number of hydrogen-bond acceptors (Lipinski definition) is 2. The largest absolute Gasteiger partial charge is 0.395 e. The van der Waals surface area contributed by atoms with Crippen molar-refractivity contribution >= 4 is 5.91 Å². The molecule has 1 saturated carbocycles. The molecule has 0 saturated heterocycles. The second-order valence-corrected chi connectivity index (χ2v) is 5.33. The summed E-state index contributed by atoms with van der Waals surface area (Å²) in [5.74, 6) is 4.82. The summed E-state index contributed by atoms with van der Waals surface area (Å²) >= 11 is 0. The van der Waals surface area contributed by atoms with E-state index in [9.17, 15) is 9.18 Å². The second kappa shape index (κ2) is 6.06. The van der Waals surface area contributed by atoms with Crippen LogP contribution in [0, 0.1) is 17.7 Å². The Kier molecular flexibility index (Phi) is 4.41. The van der Waals surface area contributed by atoms with E-state index in [0.717, 1.165) is 19.3 Å². The van der Waals surface area contributed by atoms with Crippen LogP contribution in [0.3, 0.4) is 0 Å². The smallest absolute Gasteiger partial charge is 0.252 e. The molecule has 2 N–H and O–H groups in total. The maximum Gasteiger partial charge on any atom is 0.252 e. The zero-order valence-electron chi connectivity index (χ0n) is 11.5. The zero-order chi connectivity index (χ0) is 14.6. The number of benzene rings is 1. The van der Waals surface area contributed by atoms with E-state index < -0.39 is 5.82 Å². The van der Waals surface area contributed by atoms with Crippen molar-refractivity contribution in [1.29, 1.82) is 0 Å². The average molecular weight is 275 g/mol. The van der Waals surface area contributed by atoms with Gasteiger partial charge < -0.3 is 10.4 Å². The Bertz CT molecular complexity index is 568. The molecule has 106 valence electrons. The molecular formula is C16H18FNO2. The van der Waals surface area contributed by atoms with Gasteiger partial charge in [0.1, 0.15) is 5.82 Å². The topological polar surface area (TPSA) is 49.3 Å². The molecule has 2 rings (SSSR count). The van der Waals surface area contributed by atoms with Crippen LogP contribution >= 0.6 is 0 Å². The average Bonchev–Trinajstić information content (AvgIpc) is 2.37. The minimum Gasteiger partial charge on any atom is -0.395 e. The first kappa shape index (κ1) is 14.5. The Morgan fingerprint density at radius 2 is 2.25 bits per heavy atom. The van der Waals surface area contributed by atoms with Crippen molar-refractivity contribution < 1.29 is 14.3 Å². The molecule has 1 aliphatic carbocycles. The van der Waals surface area contributed by atoms with E-state index in [1.807, 2.05) is 6.92 Å². The predicted molar refractivity (Wildman–Crippen MR) is 74.7 cm³/mol. The molecule has 0 aliphatic heterocycles. The third kappa shape index (κ3) is 3.37. The van der Waals surface area contributed by atoms with Crippen LogP contribution in [-0.4, -0.2) is 23.2 Å². The number of carbonyl (C=O) groups is 1. The van der Waals surface area contributed by atoms with E-state index in [1.165, 1.54) is 18.2 Å². The third-order valence-electron chi connectivity index (χ3n) is 3.56. The molecule has 1 aromatic carbocycles. The summed E-state index contributed by atoms with van der Waals surface area (Å²) in [6.45, 7) is 1.96. The summed E-state index contributed by atoms with van der Waals surface area (Å²) in [5.41, 5.74) is 0.588. The number of rotatable bonds is 3. The van der Waals surface area contributed by atoms with Crippen LogP contribution in [0.5, 0.6) is 0 Å². The van der Waals surface area contributed by atoms with Crippen LogP contribution in [0.25, 0.3) is 0 Å². The first-order valence-electron chi connectivity index (χ1n) is 6.76. The summed E-state index contributed by atoms with van der Waals surface area (Å²) in [4.78, 5) is 12.3. The molecule has 1 fully saturated rings. The highest BCUT2D eigenvalue weighted by Crippen LogP contribution is 2.31. The second-order valence-electron chi connectivity index (χ2n) is 5.33. The number of carbonyl (C=O) groups excluding carboxylic acids is 1. The Morgan fingerprint density at radius 1 is 1.50 bits per heavy atom. The first-order chi connectivity index (χ1) is 9.54. The normalized spacial score (nSPS) is 15.8. The van der Waals surface area contributed by atoms with Gasteiger partial charge in [-0.1, -0.05) is 11.8 Å². The van der Waals surface area contributed by atoms with Gasteiger partial charge in [0.25, 0.3) is 5.91 Å². The lowest BCUT2D eigenvalue weighted by Crippen LogP contribution is -2.51. The number of halogens is 1. The minimum absolute atomic E-state index is 0.0537. The minimum atomic E-state index is -0.426. The number of nitrogens with one attached hydrogen (secondary N) is 1. The lowest BCUT2D eigenvalue weighted by atomic mass is 9.78. The van der Waals surface area contributed by atoms with E-state index in [1.54, 1.807) is 0 Å². The standard InChI is InChI=1S/C16H18FNO2/c1-16(8-4-9-16)18-15(20)14-7-6-13(17)11-12(14)5-2-3-10-19/h6-7,11,19H,3-4,8-10H2,1H3,(H,18,20). The van der Waals surface area contributed by atoms with Gasteiger partial charge in [-0.15, -0.1) is 0 Å². The lowest BCUT2D eigenvalue weighted by Gasteiger charge is -2.39. The summed E-state index contributed by atoms with van der Waals surface area (Å²) in [6, 6.07) is 3.97. The molecule has 0 radical (unpaired) electrons. The van der Waals surface area contributed by atoms with Crippen molar-refractivity contribution in [2.45, 2.75) is 38.1 Å². The van der Waals surface area contributed by atoms with Crippen molar-refractivity contribution in [3.63, 3.8) is 0 Å². The highest BCUT2D eigenvalue weighted by Gasteiger charge is 2.33. The molecule has 1 aromatic rings. The van der Waals surface area contributed by atoms with E-state index in [0.29, 0.717) is 17.5 Å². The molecule has 1 amide bonds. The van der Waals surface area contributed by atoms with Gasteiger partial charge in [0.15, 0.2) is 0 Å². The lowest BCUT2D eigenvalue weighted by molar-refractivity contribution is 0.0850. The van der Waals surface area contributed by atoms with Gasteiger partial charge in [0, 0.05) is 17.5 Å². The van der Waals surface area contributed by atoms with Gasteiger partial charge in [-0.25, -0.2) is 4.39 Å². The molecule has 4 heteroatoms. The first-order valence-corrected chi connectivity index (χ1v) is 6.76. The highest BCUT2D eigenvalue weighted by atomic mass is 19.1. The fourth-order valence-electron chi connectivity index (χ4n) is 2.21. The van der Waals surface area contributed by atoms with Crippen molar-refractivity contribution in [3.05, 3.63) is 35.1 Å². The predicted octanol–water partition coefficient (Wildman–Crippen LogP) is 2.23. The summed E-state index contributed by atoms with van der Waals surface area (Å²) in [7, 11) is 0. The van der Waals surface area contributed by atoms with Gasteiger partial charge in [-0.05, 0) is 44.4 Å². The molecule has 1 aliphatic rings. The molecule has 0 atom stereocenters. The monoisotopic (exact) mass is 275 g/mol.